The first-order valence-electron chi connectivity index (χ1n) is 7.10. The standard InChI is InChI=1S/C14H24N2OS/c1-2-6-14-16-11(10-18-14)9-17-13-8-5-3-4-7-12(13)15/h10,12-13H,2-9,15H2,1H3. The number of aryl methyl sites for hydroxylation is 1. The van der Waals surface area contributed by atoms with E-state index in [0.717, 1.165) is 31.4 Å². The van der Waals surface area contributed by atoms with Gasteiger partial charge in [-0.2, -0.15) is 0 Å². The van der Waals surface area contributed by atoms with Gasteiger partial charge in [-0.1, -0.05) is 26.2 Å². The number of hydrogen-bond donors (Lipinski definition) is 1. The van der Waals surface area contributed by atoms with Crippen molar-refractivity contribution in [3.05, 3.63) is 16.1 Å². The summed E-state index contributed by atoms with van der Waals surface area (Å²) in [5.41, 5.74) is 7.22. The van der Waals surface area contributed by atoms with Crippen LogP contribution in [0.25, 0.3) is 0 Å². The molecule has 1 aliphatic carbocycles. The summed E-state index contributed by atoms with van der Waals surface area (Å²) in [6.45, 7) is 2.81. The van der Waals surface area contributed by atoms with E-state index in [1.54, 1.807) is 11.3 Å². The summed E-state index contributed by atoms with van der Waals surface area (Å²) < 4.78 is 5.97. The third-order valence-electron chi connectivity index (χ3n) is 3.51. The van der Waals surface area contributed by atoms with Gasteiger partial charge in [0.25, 0.3) is 0 Å². The SMILES string of the molecule is CCCc1nc(COC2CCCCCC2N)cs1. The van der Waals surface area contributed by atoms with Crippen LogP contribution in [-0.2, 0) is 17.8 Å². The second-order valence-electron chi connectivity index (χ2n) is 5.13. The van der Waals surface area contributed by atoms with Gasteiger partial charge in [0, 0.05) is 11.4 Å². The van der Waals surface area contributed by atoms with Crippen molar-refractivity contribution in [2.24, 2.45) is 5.73 Å². The molecular formula is C14H24N2OS. The molecule has 102 valence electrons. The highest BCUT2D eigenvalue weighted by molar-refractivity contribution is 7.09. The highest BCUT2D eigenvalue weighted by atomic mass is 32.1. The lowest BCUT2D eigenvalue weighted by Gasteiger charge is -2.21. The Kier molecular flexibility index (Phi) is 5.60. The topological polar surface area (TPSA) is 48.1 Å². The lowest BCUT2D eigenvalue weighted by Crippen LogP contribution is -2.35. The second-order valence-corrected chi connectivity index (χ2v) is 6.08. The first-order chi connectivity index (χ1) is 8.79. The number of nitrogens with two attached hydrogens (primary N) is 1. The minimum Gasteiger partial charge on any atom is -0.370 e. The lowest BCUT2D eigenvalue weighted by atomic mass is 10.1. The molecule has 1 heterocycles. The third-order valence-corrected chi connectivity index (χ3v) is 4.47. The first-order valence-corrected chi connectivity index (χ1v) is 7.98. The van der Waals surface area contributed by atoms with Gasteiger partial charge in [-0.05, 0) is 25.7 Å². The molecule has 1 saturated carbocycles. The Morgan fingerprint density at radius 1 is 1.39 bits per heavy atom. The van der Waals surface area contributed by atoms with E-state index in [1.807, 2.05) is 0 Å². The van der Waals surface area contributed by atoms with Crippen LogP contribution in [0, 0.1) is 0 Å². The van der Waals surface area contributed by atoms with E-state index < -0.39 is 0 Å². The van der Waals surface area contributed by atoms with E-state index >= 15 is 0 Å². The van der Waals surface area contributed by atoms with Crippen LogP contribution in [0.5, 0.6) is 0 Å². The Bertz CT molecular complexity index is 353. The van der Waals surface area contributed by atoms with Gasteiger partial charge in [-0.3, -0.25) is 0 Å². The van der Waals surface area contributed by atoms with E-state index in [2.05, 4.69) is 17.3 Å². The highest BCUT2D eigenvalue weighted by Gasteiger charge is 2.21. The fraction of sp³-hybridized carbons (Fsp3) is 0.786. The molecule has 2 rings (SSSR count). The summed E-state index contributed by atoms with van der Waals surface area (Å²) in [6.07, 6.45) is 8.45. The summed E-state index contributed by atoms with van der Waals surface area (Å²) in [4.78, 5) is 4.59. The van der Waals surface area contributed by atoms with E-state index in [9.17, 15) is 0 Å². The van der Waals surface area contributed by atoms with Crippen molar-refractivity contribution in [3.63, 3.8) is 0 Å². The minimum atomic E-state index is 0.209. The maximum Gasteiger partial charge on any atom is 0.0929 e. The van der Waals surface area contributed by atoms with Crippen molar-refractivity contribution in [1.29, 1.82) is 0 Å². The highest BCUT2D eigenvalue weighted by Crippen LogP contribution is 2.21. The molecule has 0 saturated heterocycles. The predicted octanol–water partition coefficient (Wildman–Crippen LogP) is 3.27. The zero-order chi connectivity index (χ0) is 12.8. The van der Waals surface area contributed by atoms with Crippen LogP contribution in [0.1, 0.15) is 56.2 Å². The van der Waals surface area contributed by atoms with Crippen molar-refractivity contribution in [2.45, 2.75) is 70.6 Å². The summed E-state index contributed by atoms with van der Waals surface area (Å²) in [5.74, 6) is 0. The third kappa shape index (κ3) is 4.04. The smallest absolute Gasteiger partial charge is 0.0929 e. The summed E-state index contributed by atoms with van der Waals surface area (Å²) in [5, 5.41) is 3.34. The van der Waals surface area contributed by atoms with Crippen molar-refractivity contribution < 1.29 is 4.74 Å². The Morgan fingerprint density at radius 3 is 3.06 bits per heavy atom. The average molecular weight is 268 g/mol. The first kappa shape index (κ1) is 14.0. The molecule has 4 heteroatoms. The van der Waals surface area contributed by atoms with Gasteiger partial charge in [0.1, 0.15) is 0 Å². The van der Waals surface area contributed by atoms with Gasteiger partial charge in [-0.25, -0.2) is 4.98 Å². The normalized spacial score (nSPS) is 25.0. The lowest BCUT2D eigenvalue weighted by molar-refractivity contribution is 0.0180. The fourth-order valence-electron chi connectivity index (χ4n) is 2.45. The van der Waals surface area contributed by atoms with E-state index in [4.69, 9.17) is 10.5 Å². The summed E-state index contributed by atoms with van der Waals surface area (Å²) in [6, 6.07) is 0.209. The van der Waals surface area contributed by atoms with Gasteiger partial charge >= 0.3 is 0 Å². The summed E-state index contributed by atoms with van der Waals surface area (Å²) in [7, 11) is 0. The maximum absolute atomic E-state index is 6.15. The van der Waals surface area contributed by atoms with Gasteiger partial charge in [0.2, 0.25) is 0 Å². The van der Waals surface area contributed by atoms with Crippen LogP contribution in [0.15, 0.2) is 5.38 Å². The van der Waals surface area contributed by atoms with Gasteiger partial charge < -0.3 is 10.5 Å². The zero-order valence-corrected chi connectivity index (χ0v) is 12.0. The van der Waals surface area contributed by atoms with Crippen molar-refractivity contribution in [1.82, 2.24) is 4.98 Å². The number of nitrogens with zero attached hydrogens (tertiary/aromatic N) is 1. The number of rotatable bonds is 5. The Hall–Kier alpha value is -0.450. The summed E-state index contributed by atoms with van der Waals surface area (Å²) >= 11 is 1.74. The molecule has 1 aromatic heterocycles. The van der Waals surface area contributed by atoms with Crippen LogP contribution in [0.4, 0.5) is 0 Å². The maximum atomic E-state index is 6.15. The van der Waals surface area contributed by atoms with Crippen LogP contribution < -0.4 is 5.73 Å². The quantitative estimate of drug-likeness (QED) is 0.834. The van der Waals surface area contributed by atoms with Crippen molar-refractivity contribution in [3.8, 4) is 0 Å². The Morgan fingerprint density at radius 2 is 2.22 bits per heavy atom. The van der Waals surface area contributed by atoms with Gasteiger partial charge in [0.05, 0.1) is 23.4 Å². The molecule has 2 unspecified atom stereocenters. The van der Waals surface area contributed by atoms with Gasteiger partial charge in [-0.15, -0.1) is 11.3 Å². The molecule has 2 N–H and O–H groups in total. The molecule has 0 aromatic carbocycles. The molecule has 1 aromatic rings. The molecule has 1 fully saturated rings. The molecule has 18 heavy (non-hydrogen) atoms. The molecule has 0 amide bonds. The van der Waals surface area contributed by atoms with Crippen LogP contribution >= 0.6 is 11.3 Å². The van der Waals surface area contributed by atoms with E-state index in [0.29, 0.717) is 6.61 Å². The predicted molar refractivity (Wildman–Crippen MR) is 75.7 cm³/mol. The largest absolute Gasteiger partial charge is 0.370 e. The zero-order valence-electron chi connectivity index (χ0n) is 11.2. The minimum absolute atomic E-state index is 0.209. The van der Waals surface area contributed by atoms with Crippen LogP contribution in [0.2, 0.25) is 0 Å². The average Bonchev–Trinajstić information content (AvgIpc) is 2.70. The molecule has 1 aliphatic rings. The fourth-order valence-corrected chi connectivity index (χ4v) is 3.33. The Balaban J connectivity index is 1.81. The number of thiazole rings is 1. The molecule has 0 bridgehead atoms. The molecule has 0 radical (unpaired) electrons. The van der Waals surface area contributed by atoms with Crippen molar-refractivity contribution >= 4 is 11.3 Å². The molecule has 2 atom stereocenters. The van der Waals surface area contributed by atoms with Crippen molar-refractivity contribution in [2.75, 3.05) is 0 Å². The molecular weight excluding hydrogens is 244 g/mol. The molecule has 3 nitrogen and oxygen atoms in total. The van der Waals surface area contributed by atoms with Gasteiger partial charge in [0.15, 0.2) is 0 Å². The molecule has 0 aliphatic heterocycles. The number of hydrogen-bond acceptors (Lipinski definition) is 4. The molecule has 0 spiro atoms. The Labute approximate surface area is 114 Å². The second kappa shape index (κ2) is 7.22. The van der Waals surface area contributed by atoms with E-state index in [-0.39, 0.29) is 12.1 Å². The van der Waals surface area contributed by atoms with E-state index in [1.165, 1.54) is 24.3 Å². The number of aromatic nitrogens is 1. The van der Waals surface area contributed by atoms with Crippen LogP contribution in [0.3, 0.4) is 0 Å². The monoisotopic (exact) mass is 268 g/mol. The number of ether oxygens (including phenoxy) is 1. The van der Waals surface area contributed by atoms with Crippen LogP contribution in [-0.4, -0.2) is 17.1 Å².